The molecule has 9 atom stereocenters. The number of hydrogen-bond acceptors (Lipinski definition) is 6. The maximum absolute atomic E-state index is 13.2. The summed E-state index contributed by atoms with van der Waals surface area (Å²) in [6.45, 7) is 7.65. The van der Waals surface area contributed by atoms with E-state index in [1.807, 2.05) is 19.1 Å². The van der Waals surface area contributed by atoms with E-state index in [-0.39, 0.29) is 35.1 Å². The smallest absolute Gasteiger partial charge is 0.193 e. The zero-order valence-electron chi connectivity index (χ0n) is 21.6. The molecular formula is C30H37NO5. The summed E-state index contributed by atoms with van der Waals surface area (Å²) in [6.07, 6.45) is 8.14. The third-order valence-electron chi connectivity index (χ3n) is 10.2. The third kappa shape index (κ3) is 3.17. The lowest BCUT2D eigenvalue weighted by molar-refractivity contribution is -0.196. The van der Waals surface area contributed by atoms with E-state index in [0.717, 1.165) is 30.7 Å². The topological polar surface area (TPSA) is 88.4 Å². The molecule has 0 amide bonds. The molecule has 0 bridgehead atoms. The van der Waals surface area contributed by atoms with Crippen LogP contribution < -0.4 is 0 Å². The Bertz CT molecular complexity index is 1170. The van der Waals surface area contributed by atoms with Crippen LogP contribution in [0.3, 0.4) is 0 Å². The normalized spacial score (nSPS) is 46.1. The van der Waals surface area contributed by atoms with Gasteiger partial charge in [0, 0.05) is 16.7 Å². The Balaban J connectivity index is 1.34. The number of allylic oxidation sites excluding steroid dienone is 4. The molecule has 0 aromatic heterocycles. The van der Waals surface area contributed by atoms with E-state index >= 15 is 0 Å². The fourth-order valence-corrected chi connectivity index (χ4v) is 8.71. The molecule has 1 unspecified atom stereocenters. The highest BCUT2D eigenvalue weighted by molar-refractivity contribution is 6.07. The maximum atomic E-state index is 13.2. The maximum Gasteiger partial charge on any atom is 0.193 e. The van der Waals surface area contributed by atoms with Gasteiger partial charge in [0.15, 0.2) is 17.7 Å². The monoisotopic (exact) mass is 491 g/mol. The van der Waals surface area contributed by atoms with Crippen molar-refractivity contribution in [1.29, 1.82) is 0 Å². The Kier molecular flexibility index (Phi) is 5.51. The molecule has 0 radical (unpaired) electrons. The first-order valence-corrected chi connectivity index (χ1v) is 13.3. The molecular weight excluding hydrogens is 454 g/mol. The Morgan fingerprint density at radius 3 is 2.69 bits per heavy atom. The van der Waals surface area contributed by atoms with Crippen molar-refractivity contribution in [3.05, 3.63) is 53.6 Å². The van der Waals surface area contributed by atoms with Gasteiger partial charge in [0.05, 0.1) is 23.6 Å². The third-order valence-corrected chi connectivity index (χ3v) is 10.2. The van der Waals surface area contributed by atoms with E-state index in [1.165, 1.54) is 11.1 Å². The number of nitrogens with zero attached hydrogens (tertiary/aromatic N) is 1. The first-order chi connectivity index (χ1) is 17.1. The van der Waals surface area contributed by atoms with Crippen LogP contribution >= 0.6 is 0 Å². The van der Waals surface area contributed by atoms with Crippen LogP contribution in [0.1, 0.15) is 52.0 Å². The van der Waals surface area contributed by atoms with Gasteiger partial charge < -0.3 is 19.7 Å². The van der Waals surface area contributed by atoms with Gasteiger partial charge in [0.1, 0.15) is 6.61 Å². The van der Waals surface area contributed by atoms with E-state index in [4.69, 9.17) is 14.5 Å². The number of rotatable bonds is 3. The van der Waals surface area contributed by atoms with Crippen LogP contribution in [-0.2, 0) is 14.3 Å². The number of benzene rings is 1. The first kappa shape index (κ1) is 24.2. The zero-order valence-corrected chi connectivity index (χ0v) is 21.6. The fourth-order valence-electron chi connectivity index (χ4n) is 8.71. The van der Waals surface area contributed by atoms with E-state index in [2.05, 4.69) is 51.1 Å². The van der Waals surface area contributed by atoms with Gasteiger partial charge in [-0.05, 0) is 75.7 Å². The average Bonchev–Trinajstić information content (AvgIpc) is 3.30. The Morgan fingerprint density at radius 1 is 1.22 bits per heavy atom. The van der Waals surface area contributed by atoms with Crippen molar-refractivity contribution in [3.63, 3.8) is 0 Å². The lowest BCUT2D eigenvalue weighted by Gasteiger charge is -2.59. The molecule has 4 fully saturated rings. The van der Waals surface area contributed by atoms with Crippen LogP contribution in [0.2, 0.25) is 0 Å². The number of carbonyl (C=O) groups is 1. The Morgan fingerprint density at radius 2 is 1.97 bits per heavy atom. The van der Waals surface area contributed by atoms with Crippen LogP contribution in [0.4, 0.5) is 5.69 Å². The van der Waals surface area contributed by atoms with Gasteiger partial charge >= 0.3 is 0 Å². The van der Waals surface area contributed by atoms with Gasteiger partial charge in [-0.25, -0.2) is 4.99 Å². The number of aliphatic hydroxyl groups excluding tert-OH is 2. The van der Waals surface area contributed by atoms with Crippen LogP contribution in [0, 0.1) is 35.5 Å². The molecule has 1 heterocycles. The highest BCUT2D eigenvalue weighted by atomic mass is 16.7. The Labute approximate surface area is 213 Å². The number of fused-ring (bicyclic) bond motifs is 7. The van der Waals surface area contributed by atoms with Gasteiger partial charge in [-0.15, -0.1) is 0 Å². The highest BCUT2D eigenvalue weighted by Crippen LogP contribution is 2.69. The van der Waals surface area contributed by atoms with E-state index < -0.39 is 30.0 Å². The molecule has 1 aliphatic heterocycles. The minimum atomic E-state index is -1.19. The van der Waals surface area contributed by atoms with Gasteiger partial charge in [-0.3, -0.25) is 4.79 Å². The molecule has 192 valence electrons. The predicted octanol–water partition coefficient (Wildman–Crippen LogP) is 4.45. The summed E-state index contributed by atoms with van der Waals surface area (Å²) < 4.78 is 12.4. The van der Waals surface area contributed by atoms with Crippen molar-refractivity contribution in [3.8, 4) is 0 Å². The summed E-state index contributed by atoms with van der Waals surface area (Å²) in [5, 5.41) is 21.6. The van der Waals surface area contributed by atoms with Gasteiger partial charge in [0.25, 0.3) is 0 Å². The average molecular weight is 492 g/mol. The molecule has 3 saturated carbocycles. The molecule has 6 nitrogen and oxygen atoms in total. The summed E-state index contributed by atoms with van der Waals surface area (Å²) in [5.41, 5.74) is 2.37. The molecule has 6 heteroatoms. The minimum Gasteiger partial charge on any atom is -0.393 e. The second-order valence-electron chi connectivity index (χ2n) is 12.0. The molecule has 6 rings (SSSR count). The lowest BCUT2D eigenvalue weighted by atomic mass is 9.46. The van der Waals surface area contributed by atoms with E-state index in [9.17, 15) is 15.0 Å². The summed E-state index contributed by atoms with van der Waals surface area (Å²) in [6, 6.07) is 8.22. The van der Waals surface area contributed by atoms with Gasteiger partial charge in [-0.1, -0.05) is 43.2 Å². The number of ketones is 1. The number of ether oxygens (including phenoxy) is 2. The van der Waals surface area contributed by atoms with Crippen molar-refractivity contribution < 1.29 is 24.5 Å². The molecule has 36 heavy (non-hydrogen) atoms. The largest absolute Gasteiger partial charge is 0.393 e. The number of aliphatic hydroxyl groups is 2. The van der Waals surface area contributed by atoms with Crippen LogP contribution in [0.15, 0.2) is 53.1 Å². The SMILES string of the molecule is Cc1ccc(/N=C2\C=C[C@@]3(C)C(=C2)CC[C@@H]2[C@@H]3[C@@H](O)C[C@@]3(C)[C@H]2C[C@H]2OC(C)O[C@]23C(=O)CO)cc1. The molecule has 5 aliphatic rings. The summed E-state index contributed by atoms with van der Waals surface area (Å²) in [5.74, 6) is 0.140. The first-order valence-electron chi connectivity index (χ1n) is 13.3. The zero-order chi connectivity index (χ0) is 25.5. The summed E-state index contributed by atoms with van der Waals surface area (Å²) in [4.78, 5) is 18.1. The van der Waals surface area contributed by atoms with Crippen LogP contribution in [0.5, 0.6) is 0 Å². The predicted molar refractivity (Wildman–Crippen MR) is 137 cm³/mol. The van der Waals surface area contributed by atoms with Crippen molar-refractivity contribution >= 4 is 17.2 Å². The molecule has 2 N–H and O–H groups in total. The number of aryl methyl sites for hydroxylation is 1. The van der Waals surface area contributed by atoms with Crippen molar-refractivity contribution in [1.82, 2.24) is 0 Å². The van der Waals surface area contributed by atoms with Crippen LogP contribution in [-0.4, -0.2) is 52.4 Å². The molecule has 1 aromatic carbocycles. The minimum absolute atomic E-state index is 0.0466. The van der Waals surface area contributed by atoms with Crippen molar-refractivity contribution in [2.75, 3.05) is 6.61 Å². The molecule has 1 saturated heterocycles. The second kappa shape index (κ2) is 8.19. The quantitative estimate of drug-likeness (QED) is 0.652. The molecule has 4 aliphatic carbocycles. The van der Waals surface area contributed by atoms with Gasteiger partial charge in [-0.2, -0.15) is 0 Å². The van der Waals surface area contributed by atoms with Gasteiger partial charge in [0.2, 0.25) is 0 Å². The molecule has 0 spiro atoms. The number of hydrogen-bond donors (Lipinski definition) is 2. The highest BCUT2D eigenvalue weighted by Gasteiger charge is 2.75. The number of Topliss-reactive ketones (excluding diaryl/α,β-unsaturated/α-hetero) is 1. The Hall–Kier alpha value is -2.12. The van der Waals surface area contributed by atoms with E-state index in [0.29, 0.717) is 6.42 Å². The lowest BCUT2D eigenvalue weighted by Crippen LogP contribution is -2.63. The van der Waals surface area contributed by atoms with Crippen LogP contribution in [0.25, 0.3) is 0 Å². The summed E-state index contributed by atoms with van der Waals surface area (Å²) >= 11 is 0. The standard InChI is InChI=1S/C30H37NO5/c1-17-5-8-20(9-6-17)31-21-11-12-28(3)19(13-21)7-10-22-23-14-26-30(25(34)16-32,36-18(2)35-26)29(23,4)15-24(33)27(22)28/h5-6,8-9,11-13,18,22-24,26-27,32-33H,7,10,14-16H2,1-4H3/b31-21+/t18?,22-,23-,24-,26+,27+,28-,29-,30+/m0/s1. The second-order valence-corrected chi connectivity index (χ2v) is 12.0. The van der Waals surface area contributed by atoms with E-state index in [1.54, 1.807) is 0 Å². The number of aliphatic imine (C=N–C) groups is 1. The summed E-state index contributed by atoms with van der Waals surface area (Å²) in [7, 11) is 0. The fraction of sp³-hybridized carbons (Fsp3) is 0.600. The van der Waals surface area contributed by atoms with Crippen molar-refractivity contribution in [2.24, 2.45) is 33.6 Å². The van der Waals surface area contributed by atoms with Crippen molar-refractivity contribution in [2.45, 2.75) is 77.5 Å². The molecule has 1 aromatic rings. The number of carbonyl (C=O) groups excluding carboxylic acids is 1.